The fourth-order valence-corrected chi connectivity index (χ4v) is 2.83. The van der Waals surface area contributed by atoms with E-state index >= 15 is 0 Å². The summed E-state index contributed by atoms with van der Waals surface area (Å²) < 4.78 is 5.73. The third-order valence-corrected chi connectivity index (χ3v) is 3.95. The number of benzene rings is 2. The van der Waals surface area contributed by atoms with E-state index in [-0.39, 0.29) is 11.6 Å². The molecule has 23 heavy (non-hydrogen) atoms. The summed E-state index contributed by atoms with van der Waals surface area (Å²) in [6.45, 7) is 4.82. The second-order valence-electron chi connectivity index (χ2n) is 5.72. The molecule has 0 aromatic heterocycles. The van der Waals surface area contributed by atoms with Crippen molar-refractivity contribution in [3.05, 3.63) is 59.2 Å². The first-order valence-electron chi connectivity index (χ1n) is 7.53. The highest BCUT2D eigenvalue weighted by molar-refractivity contribution is 6.45. The van der Waals surface area contributed by atoms with E-state index in [9.17, 15) is 4.79 Å². The Bertz CT molecular complexity index is 784. The number of aryl methyl sites for hydroxylation is 2. The highest BCUT2D eigenvalue weighted by Crippen LogP contribution is 2.19. The SMILES string of the molecule is Cc1cccc(OCC[NH+]2C(=O)C(=NO)c3cc(C)ccc32)c1. The molecule has 0 saturated heterocycles. The number of carbonyl (C=O) groups excluding carboxylic acids is 1. The minimum Gasteiger partial charge on any atom is -0.488 e. The number of hydrogen-bond donors (Lipinski definition) is 2. The van der Waals surface area contributed by atoms with E-state index in [1.807, 2.05) is 56.3 Å². The molecule has 1 atom stereocenters. The average Bonchev–Trinajstić information content (AvgIpc) is 2.78. The number of nitrogens with zero attached hydrogens (tertiary/aromatic N) is 1. The molecule has 0 fully saturated rings. The van der Waals surface area contributed by atoms with Gasteiger partial charge in [-0.25, -0.2) is 9.69 Å². The van der Waals surface area contributed by atoms with Crippen LogP contribution in [0.2, 0.25) is 0 Å². The van der Waals surface area contributed by atoms with E-state index in [1.54, 1.807) is 0 Å². The van der Waals surface area contributed by atoms with Crippen molar-refractivity contribution in [3.63, 3.8) is 0 Å². The Morgan fingerprint density at radius 1 is 1.13 bits per heavy atom. The number of amides is 1. The minimum atomic E-state index is -0.221. The Kier molecular flexibility index (Phi) is 4.12. The molecule has 0 aliphatic carbocycles. The monoisotopic (exact) mass is 311 g/mol. The van der Waals surface area contributed by atoms with Gasteiger partial charge in [0.15, 0.2) is 0 Å². The number of nitrogens with one attached hydrogen (secondary N) is 1. The van der Waals surface area contributed by atoms with Crippen molar-refractivity contribution in [1.82, 2.24) is 0 Å². The molecule has 5 heteroatoms. The van der Waals surface area contributed by atoms with Crippen molar-refractivity contribution in [3.8, 4) is 5.75 Å². The number of rotatable bonds is 4. The van der Waals surface area contributed by atoms with Gasteiger partial charge in [0.25, 0.3) is 0 Å². The van der Waals surface area contributed by atoms with Crippen LogP contribution in [0.15, 0.2) is 47.6 Å². The van der Waals surface area contributed by atoms with Gasteiger partial charge in [0.05, 0.1) is 5.56 Å². The summed E-state index contributed by atoms with van der Waals surface area (Å²) in [5.74, 6) is 0.567. The zero-order chi connectivity index (χ0) is 16.4. The highest BCUT2D eigenvalue weighted by atomic mass is 16.5. The van der Waals surface area contributed by atoms with Gasteiger partial charge in [0.2, 0.25) is 5.71 Å². The molecular weight excluding hydrogens is 292 g/mol. The molecule has 1 aliphatic heterocycles. The maximum Gasteiger partial charge on any atom is 0.372 e. The first-order chi connectivity index (χ1) is 11.1. The molecular formula is C18H19N2O3+. The molecule has 1 heterocycles. The topological polar surface area (TPSA) is 63.3 Å². The zero-order valence-corrected chi connectivity index (χ0v) is 13.2. The second-order valence-corrected chi connectivity index (χ2v) is 5.72. The van der Waals surface area contributed by atoms with Crippen molar-refractivity contribution in [1.29, 1.82) is 0 Å². The molecule has 118 valence electrons. The largest absolute Gasteiger partial charge is 0.488 e. The van der Waals surface area contributed by atoms with Crippen LogP contribution in [0.1, 0.15) is 16.7 Å². The summed E-state index contributed by atoms with van der Waals surface area (Å²) in [7, 11) is 0. The minimum absolute atomic E-state index is 0.120. The smallest absolute Gasteiger partial charge is 0.372 e. The predicted molar refractivity (Wildman–Crippen MR) is 86.7 cm³/mol. The number of carbonyl (C=O) groups is 1. The van der Waals surface area contributed by atoms with E-state index in [2.05, 4.69) is 5.16 Å². The fraction of sp³-hybridized carbons (Fsp3) is 0.222. The number of fused-ring (bicyclic) bond motifs is 1. The van der Waals surface area contributed by atoms with E-state index < -0.39 is 0 Å². The zero-order valence-electron chi connectivity index (χ0n) is 13.2. The quantitative estimate of drug-likeness (QED) is 0.666. The van der Waals surface area contributed by atoms with E-state index in [0.717, 1.165) is 22.6 Å². The lowest BCUT2D eigenvalue weighted by molar-refractivity contribution is -0.742. The van der Waals surface area contributed by atoms with Crippen LogP contribution < -0.4 is 9.64 Å². The molecule has 2 aromatic carbocycles. The Balaban J connectivity index is 1.75. The van der Waals surface area contributed by atoms with Gasteiger partial charge < -0.3 is 9.94 Å². The standard InChI is InChI=1S/C18H18N2O3/c1-12-4-3-5-14(10-12)23-9-8-20-16-7-6-13(2)11-15(16)17(19-22)18(20)21/h3-7,10-11,22H,8-9H2,1-2H3/p+1. The van der Waals surface area contributed by atoms with Gasteiger partial charge in [-0.15, -0.1) is 0 Å². The van der Waals surface area contributed by atoms with Crippen LogP contribution in [0.3, 0.4) is 0 Å². The number of hydrogen-bond acceptors (Lipinski definition) is 4. The van der Waals surface area contributed by atoms with Gasteiger partial charge in [-0.05, 0) is 43.2 Å². The molecule has 2 N–H and O–H groups in total. The maximum absolute atomic E-state index is 12.4. The Labute approximate surface area is 134 Å². The molecule has 1 amide bonds. The van der Waals surface area contributed by atoms with Crippen LogP contribution in [0, 0.1) is 13.8 Å². The Morgan fingerprint density at radius 3 is 2.65 bits per heavy atom. The lowest BCUT2D eigenvalue weighted by Crippen LogP contribution is -3.09. The number of ether oxygens (including phenoxy) is 1. The van der Waals surface area contributed by atoms with Crippen LogP contribution in [0.5, 0.6) is 5.75 Å². The van der Waals surface area contributed by atoms with E-state index in [0.29, 0.717) is 23.6 Å². The van der Waals surface area contributed by atoms with Gasteiger partial charge >= 0.3 is 5.91 Å². The third kappa shape index (κ3) is 2.96. The van der Waals surface area contributed by atoms with Gasteiger partial charge in [0, 0.05) is 6.07 Å². The second kappa shape index (κ2) is 6.22. The molecule has 1 aliphatic rings. The summed E-state index contributed by atoms with van der Waals surface area (Å²) in [5.41, 5.74) is 3.80. The Hall–Kier alpha value is -2.66. The molecule has 1 unspecified atom stereocenters. The third-order valence-electron chi connectivity index (χ3n) is 3.95. The van der Waals surface area contributed by atoms with Crippen LogP contribution in [0.4, 0.5) is 5.69 Å². The first-order valence-corrected chi connectivity index (χ1v) is 7.53. The van der Waals surface area contributed by atoms with Crippen molar-refractivity contribution < 1.29 is 19.6 Å². The molecule has 5 nitrogen and oxygen atoms in total. The van der Waals surface area contributed by atoms with Gasteiger partial charge in [-0.1, -0.05) is 23.4 Å². The highest BCUT2D eigenvalue weighted by Gasteiger charge is 2.40. The van der Waals surface area contributed by atoms with Crippen molar-refractivity contribution >= 4 is 17.3 Å². The van der Waals surface area contributed by atoms with Gasteiger partial charge in [-0.3, -0.25) is 0 Å². The van der Waals surface area contributed by atoms with E-state index in [4.69, 9.17) is 9.94 Å². The number of quaternary nitrogens is 1. The Morgan fingerprint density at radius 2 is 1.91 bits per heavy atom. The molecule has 0 saturated carbocycles. The summed E-state index contributed by atoms with van der Waals surface area (Å²) in [4.78, 5) is 13.1. The van der Waals surface area contributed by atoms with Gasteiger partial charge in [-0.2, -0.15) is 0 Å². The summed E-state index contributed by atoms with van der Waals surface area (Å²) in [6, 6.07) is 13.5. The number of oxime groups is 1. The van der Waals surface area contributed by atoms with Crippen LogP contribution in [0.25, 0.3) is 0 Å². The normalized spacial score (nSPS) is 18.3. The molecule has 0 spiro atoms. The lowest BCUT2D eigenvalue weighted by Gasteiger charge is -2.12. The summed E-state index contributed by atoms with van der Waals surface area (Å²) in [5, 5.41) is 12.3. The predicted octanol–water partition coefficient (Wildman–Crippen LogP) is 1.62. The van der Waals surface area contributed by atoms with Crippen LogP contribution in [-0.4, -0.2) is 30.0 Å². The summed E-state index contributed by atoms with van der Waals surface area (Å²) >= 11 is 0. The molecule has 3 rings (SSSR count). The average molecular weight is 311 g/mol. The summed E-state index contributed by atoms with van der Waals surface area (Å²) in [6.07, 6.45) is 0. The molecule has 0 bridgehead atoms. The van der Waals surface area contributed by atoms with E-state index in [1.165, 1.54) is 0 Å². The lowest BCUT2D eigenvalue weighted by atomic mass is 10.1. The van der Waals surface area contributed by atoms with Crippen molar-refractivity contribution in [2.24, 2.45) is 5.16 Å². The maximum atomic E-state index is 12.4. The molecule has 0 radical (unpaired) electrons. The fourth-order valence-electron chi connectivity index (χ4n) is 2.83. The van der Waals surface area contributed by atoms with Crippen molar-refractivity contribution in [2.75, 3.05) is 13.2 Å². The molecule has 2 aromatic rings. The van der Waals surface area contributed by atoms with Crippen LogP contribution in [-0.2, 0) is 4.79 Å². The van der Waals surface area contributed by atoms with Crippen LogP contribution >= 0.6 is 0 Å². The van der Waals surface area contributed by atoms with Gasteiger partial charge in [0.1, 0.15) is 24.6 Å². The first kappa shape index (κ1) is 15.2. The van der Waals surface area contributed by atoms with Crippen molar-refractivity contribution in [2.45, 2.75) is 13.8 Å².